The molecule has 0 saturated heterocycles. The Morgan fingerprint density at radius 2 is 2.00 bits per heavy atom. The van der Waals surface area contributed by atoms with Crippen LogP contribution in [-0.2, 0) is 0 Å². The minimum absolute atomic E-state index is 0.207. The molecule has 4 rings (SSSR count). The van der Waals surface area contributed by atoms with E-state index in [1.165, 1.54) is 12.0 Å². The molecule has 0 unspecified atom stereocenters. The van der Waals surface area contributed by atoms with Gasteiger partial charge in [-0.3, -0.25) is 9.69 Å². The topological polar surface area (TPSA) is 68.2 Å². The highest BCUT2D eigenvalue weighted by molar-refractivity contribution is 6.06. The summed E-state index contributed by atoms with van der Waals surface area (Å²) in [6.07, 6.45) is 3.76. The van der Waals surface area contributed by atoms with E-state index in [4.69, 9.17) is 4.74 Å². The van der Waals surface area contributed by atoms with E-state index >= 15 is 0 Å². The van der Waals surface area contributed by atoms with Crippen molar-refractivity contribution < 1.29 is 9.53 Å². The SMILES string of the molecule is COc1ccnc(N(C)C(=O)c2nc3ccccc3cc2C2CC2)n1. The molecule has 6 nitrogen and oxygen atoms in total. The van der Waals surface area contributed by atoms with Crippen LogP contribution in [0.2, 0.25) is 0 Å². The Hall–Kier alpha value is -3.02. The normalized spacial score (nSPS) is 13.7. The summed E-state index contributed by atoms with van der Waals surface area (Å²) in [4.78, 5) is 27.6. The number of nitrogens with zero attached hydrogens (tertiary/aromatic N) is 4. The van der Waals surface area contributed by atoms with Gasteiger partial charge in [0.2, 0.25) is 11.8 Å². The van der Waals surface area contributed by atoms with Crippen LogP contribution in [0.25, 0.3) is 10.9 Å². The fraction of sp³-hybridized carbons (Fsp3) is 0.263. The minimum Gasteiger partial charge on any atom is -0.481 e. The zero-order valence-corrected chi connectivity index (χ0v) is 14.1. The Kier molecular flexibility index (Phi) is 3.80. The van der Waals surface area contributed by atoms with Crippen LogP contribution in [0.5, 0.6) is 5.88 Å². The van der Waals surface area contributed by atoms with Crippen LogP contribution in [0.15, 0.2) is 42.6 Å². The molecule has 1 aliphatic rings. The van der Waals surface area contributed by atoms with E-state index < -0.39 is 0 Å². The van der Waals surface area contributed by atoms with Crippen molar-refractivity contribution in [3.8, 4) is 5.88 Å². The summed E-state index contributed by atoms with van der Waals surface area (Å²) in [5, 5.41) is 1.06. The number of benzene rings is 1. The molecule has 1 saturated carbocycles. The largest absolute Gasteiger partial charge is 0.481 e. The van der Waals surface area contributed by atoms with Gasteiger partial charge >= 0.3 is 0 Å². The number of amides is 1. The molecule has 0 atom stereocenters. The molecule has 2 heterocycles. The molecular formula is C19H18N4O2. The molecule has 0 N–H and O–H groups in total. The lowest BCUT2D eigenvalue weighted by molar-refractivity contribution is 0.0986. The van der Waals surface area contributed by atoms with Crippen molar-refractivity contribution in [2.75, 3.05) is 19.1 Å². The summed E-state index contributed by atoms with van der Waals surface area (Å²) >= 11 is 0. The fourth-order valence-corrected chi connectivity index (χ4v) is 2.87. The third-order valence-electron chi connectivity index (χ3n) is 4.40. The quantitative estimate of drug-likeness (QED) is 0.733. The van der Waals surface area contributed by atoms with Gasteiger partial charge in [0.15, 0.2) is 0 Å². The smallest absolute Gasteiger partial charge is 0.279 e. The first-order valence-electron chi connectivity index (χ1n) is 8.22. The van der Waals surface area contributed by atoms with Gasteiger partial charge in [-0.25, -0.2) is 9.97 Å². The molecule has 6 heteroatoms. The number of carbonyl (C=O) groups is 1. The summed E-state index contributed by atoms with van der Waals surface area (Å²) < 4.78 is 5.12. The molecule has 25 heavy (non-hydrogen) atoms. The second kappa shape index (κ2) is 6.12. The van der Waals surface area contributed by atoms with Crippen molar-refractivity contribution in [3.05, 3.63) is 53.9 Å². The number of anilines is 1. The van der Waals surface area contributed by atoms with E-state index in [1.54, 1.807) is 19.3 Å². The van der Waals surface area contributed by atoms with E-state index in [2.05, 4.69) is 21.0 Å². The van der Waals surface area contributed by atoms with Crippen molar-refractivity contribution in [2.45, 2.75) is 18.8 Å². The van der Waals surface area contributed by atoms with Gasteiger partial charge in [-0.2, -0.15) is 4.98 Å². The molecular weight excluding hydrogens is 316 g/mol. The van der Waals surface area contributed by atoms with E-state index in [0.29, 0.717) is 23.4 Å². The number of para-hydroxylation sites is 1. The molecule has 0 spiro atoms. The summed E-state index contributed by atoms with van der Waals surface area (Å²) in [7, 11) is 3.19. The molecule has 1 amide bonds. The first-order chi connectivity index (χ1) is 12.2. The van der Waals surface area contributed by atoms with Gasteiger partial charge in [0.25, 0.3) is 5.91 Å². The van der Waals surface area contributed by atoms with Crippen LogP contribution in [0, 0.1) is 0 Å². The maximum absolute atomic E-state index is 13.1. The van der Waals surface area contributed by atoms with Crippen LogP contribution >= 0.6 is 0 Å². The van der Waals surface area contributed by atoms with Gasteiger partial charge in [0, 0.05) is 24.7 Å². The summed E-state index contributed by atoms with van der Waals surface area (Å²) in [6.45, 7) is 0. The summed E-state index contributed by atoms with van der Waals surface area (Å²) in [5.74, 6) is 0.913. The highest BCUT2D eigenvalue weighted by Gasteiger charge is 2.31. The van der Waals surface area contributed by atoms with E-state index in [1.807, 2.05) is 24.3 Å². The Balaban J connectivity index is 1.77. The van der Waals surface area contributed by atoms with Crippen molar-refractivity contribution >= 4 is 22.8 Å². The molecule has 126 valence electrons. The van der Waals surface area contributed by atoms with Gasteiger partial charge in [-0.05, 0) is 36.5 Å². The highest BCUT2D eigenvalue weighted by atomic mass is 16.5. The lowest BCUT2D eigenvalue weighted by Crippen LogP contribution is -2.29. The lowest BCUT2D eigenvalue weighted by Gasteiger charge is -2.17. The van der Waals surface area contributed by atoms with Crippen LogP contribution in [0.3, 0.4) is 0 Å². The number of fused-ring (bicyclic) bond motifs is 1. The molecule has 3 aromatic rings. The zero-order chi connectivity index (χ0) is 17.4. The molecule has 1 aromatic carbocycles. The van der Waals surface area contributed by atoms with Crippen LogP contribution in [0.4, 0.5) is 5.95 Å². The monoisotopic (exact) mass is 334 g/mol. The Morgan fingerprint density at radius 3 is 2.76 bits per heavy atom. The average molecular weight is 334 g/mol. The standard InChI is InChI=1S/C19H18N4O2/c1-23(19-20-10-9-16(22-19)25-2)18(24)17-14(12-7-8-12)11-13-5-3-4-6-15(13)21-17/h3-6,9-12H,7-8H2,1-2H3. The van der Waals surface area contributed by atoms with Crippen molar-refractivity contribution in [3.63, 3.8) is 0 Å². The van der Waals surface area contributed by atoms with E-state index in [9.17, 15) is 4.79 Å². The number of rotatable bonds is 4. The van der Waals surface area contributed by atoms with Gasteiger partial charge in [0.1, 0.15) is 5.69 Å². The Labute approximate surface area is 145 Å². The molecule has 1 fully saturated rings. The predicted molar refractivity (Wildman–Crippen MR) is 95.0 cm³/mol. The highest BCUT2D eigenvalue weighted by Crippen LogP contribution is 2.42. The Bertz CT molecular complexity index is 953. The van der Waals surface area contributed by atoms with Gasteiger partial charge in [-0.15, -0.1) is 0 Å². The third-order valence-corrected chi connectivity index (χ3v) is 4.40. The van der Waals surface area contributed by atoms with Gasteiger partial charge in [-0.1, -0.05) is 18.2 Å². The number of ether oxygens (including phenoxy) is 1. The molecule has 0 aliphatic heterocycles. The van der Waals surface area contributed by atoms with E-state index in [-0.39, 0.29) is 5.91 Å². The number of hydrogen-bond donors (Lipinski definition) is 0. The fourth-order valence-electron chi connectivity index (χ4n) is 2.87. The Morgan fingerprint density at radius 1 is 1.20 bits per heavy atom. The summed E-state index contributed by atoms with van der Waals surface area (Å²) in [5.41, 5.74) is 2.31. The van der Waals surface area contributed by atoms with Crippen molar-refractivity contribution in [1.82, 2.24) is 15.0 Å². The summed E-state index contributed by atoms with van der Waals surface area (Å²) in [6, 6.07) is 11.6. The second-order valence-corrected chi connectivity index (χ2v) is 6.16. The first-order valence-corrected chi connectivity index (χ1v) is 8.22. The molecule has 0 radical (unpaired) electrons. The van der Waals surface area contributed by atoms with Crippen molar-refractivity contribution in [1.29, 1.82) is 0 Å². The number of pyridine rings is 1. The van der Waals surface area contributed by atoms with E-state index in [0.717, 1.165) is 29.3 Å². The number of carbonyl (C=O) groups excluding carboxylic acids is 1. The van der Waals surface area contributed by atoms with Crippen LogP contribution in [0.1, 0.15) is 34.8 Å². The average Bonchev–Trinajstić information content (AvgIpc) is 3.51. The van der Waals surface area contributed by atoms with Gasteiger partial charge < -0.3 is 4.74 Å². The number of aromatic nitrogens is 3. The van der Waals surface area contributed by atoms with Crippen molar-refractivity contribution in [2.24, 2.45) is 0 Å². The predicted octanol–water partition coefficient (Wildman–Crippen LogP) is 3.19. The lowest BCUT2D eigenvalue weighted by atomic mass is 10.0. The number of hydrogen-bond acceptors (Lipinski definition) is 5. The third kappa shape index (κ3) is 2.91. The zero-order valence-electron chi connectivity index (χ0n) is 14.1. The van der Waals surface area contributed by atoms with Gasteiger partial charge in [0.05, 0.1) is 12.6 Å². The van der Waals surface area contributed by atoms with Crippen LogP contribution in [-0.4, -0.2) is 35.0 Å². The minimum atomic E-state index is -0.207. The molecule has 0 bridgehead atoms. The second-order valence-electron chi connectivity index (χ2n) is 6.16. The maximum atomic E-state index is 13.1. The van der Waals surface area contributed by atoms with Crippen LogP contribution < -0.4 is 9.64 Å². The maximum Gasteiger partial charge on any atom is 0.279 e. The molecule has 2 aromatic heterocycles. The molecule has 1 aliphatic carbocycles. The first kappa shape index (κ1) is 15.5. The number of methoxy groups -OCH3 is 1.